The van der Waals surface area contributed by atoms with Gasteiger partial charge in [-0.15, -0.1) is 0 Å². The molecule has 1 aliphatic carbocycles. The number of aliphatic carboxylic acids is 1. The first-order valence-electron chi connectivity index (χ1n) is 7.07. The van der Waals surface area contributed by atoms with E-state index in [9.17, 15) is 9.59 Å². The minimum absolute atomic E-state index is 0.0127. The number of benzene rings is 1. The van der Waals surface area contributed by atoms with Crippen LogP contribution in [-0.2, 0) is 9.59 Å². The molecular formula is C15H20N2O4. The lowest BCUT2D eigenvalue weighted by Crippen LogP contribution is -2.44. The molecule has 1 aromatic rings. The van der Waals surface area contributed by atoms with Crippen molar-refractivity contribution >= 4 is 11.9 Å². The summed E-state index contributed by atoms with van der Waals surface area (Å²) in [5, 5.41) is 14.5. The molecule has 1 unspecified atom stereocenters. The fourth-order valence-corrected chi connectivity index (χ4v) is 2.03. The number of para-hydroxylation sites is 1. The van der Waals surface area contributed by atoms with Crippen molar-refractivity contribution in [2.75, 3.05) is 19.7 Å². The van der Waals surface area contributed by atoms with Crippen LogP contribution in [0, 0.1) is 5.92 Å². The zero-order valence-corrected chi connectivity index (χ0v) is 11.7. The normalized spacial score (nSPS) is 15.2. The van der Waals surface area contributed by atoms with Gasteiger partial charge >= 0.3 is 5.97 Å². The Bertz CT molecular complexity index is 474. The van der Waals surface area contributed by atoms with Gasteiger partial charge in [0.2, 0.25) is 5.91 Å². The Kier molecular flexibility index (Phi) is 5.57. The average molecular weight is 292 g/mol. The van der Waals surface area contributed by atoms with Crippen molar-refractivity contribution in [3.8, 4) is 5.75 Å². The molecule has 6 heteroatoms. The Morgan fingerprint density at radius 2 is 2.00 bits per heavy atom. The third-order valence-electron chi connectivity index (χ3n) is 3.28. The molecule has 0 heterocycles. The summed E-state index contributed by atoms with van der Waals surface area (Å²) in [7, 11) is 0. The fourth-order valence-electron chi connectivity index (χ4n) is 2.03. The molecule has 0 saturated heterocycles. The SMILES string of the molecule is O=C(CNC(C(=O)O)C1CC1)NCCOc1ccccc1. The molecular weight excluding hydrogens is 272 g/mol. The van der Waals surface area contributed by atoms with Gasteiger partial charge in [0, 0.05) is 0 Å². The average Bonchev–Trinajstić information content (AvgIpc) is 3.29. The molecule has 1 aliphatic rings. The van der Waals surface area contributed by atoms with E-state index in [0.717, 1.165) is 18.6 Å². The predicted molar refractivity (Wildman–Crippen MR) is 77.1 cm³/mol. The molecule has 21 heavy (non-hydrogen) atoms. The summed E-state index contributed by atoms with van der Waals surface area (Å²) in [5.74, 6) is -0.197. The van der Waals surface area contributed by atoms with Gasteiger partial charge in [-0.25, -0.2) is 0 Å². The van der Waals surface area contributed by atoms with Gasteiger partial charge in [0.05, 0.1) is 13.1 Å². The molecule has 2 rings (SSSR count). The van der Waals surface area contributed by atoms with Crippen molar-refractivity contribution in [1.29, 1.82) is 0 Å². The summed E-state index contributed by atoms with van der Waals surface area (Å²) < 4.78 is 5.44. The summed E-state index contributed by atoms with van der Waals surface area (Å²) in [6.45, 7) is 0.774. The van der Waals surface area contributed by atoms with E-state index in [1.54, 1.807) is 0 Å². The Balaban J connectivity index is 1.58. The highest BCUT2D eigenvalue weighted by Gasteiger charge is 2.36. The second-order valence-electron chi connectivity index (χ2n) is 5.05. The Morgan fingerprint density at radius 3 is 2.62 bits per heavy atom. The molecule has 1 saturated carbocycles. The Morgan fingerprint density at radius 1 is 1.29 bits per heavy atom. The van der Waals surface area contributed by atoms with Crippen molar-refractivity contribution in [2.45, 2.75) is 18.9 Å². The summed E-state index contributed by atoms with van der Waals surface area (Å²) in [6.07, 6.45) is 1.83. The zero-order valence-electron chi connectivity index (χ0n) is 11.7. The largest absolute Gasteiger partial charge is 0.492 e. The maximum absolute atomic E-state index is 11.6. The lowest BCUT2D eigenvalue weighted by Gasteiger charge is -2.13. The van der Waals surface area contributed by atoms with Gasteiger partial charge < -0.3 is 15.2 Å². The Hall–Kier alpha value is -2.08. The van der Waals surface area contributed by atoms with Crippen LogP contribution in [0.3, 0.4) is 0 Å². The molecule has 0 aromatic heterocycles. The van der Waals surface area contributed by atoms with Crippen molar-refractivity contribution in [1.82, 2.24) is 10.6 Å². The number of carbonyl (C=O) groups excluding carboxylic acids is 1. The second kappa shape index (κ2) is 7.64. The quantitative estimate of drug-likeness (QED) is 0.581. The number of amides is 1. The summed E-state index contributed by atoms with van der Waals surface area (Å²) in [4.78, 5) is 22.6. The number of hydrogen-bond acceptors (Lipinski definition) is 4. The van der Waals surface area contributed by atoms with Gasteiger partial charge in [-0.2, -0.15) is 0 Å². The van der Waals surface area contributed by atoms with E-state index in [-0.39, 0.29) is 18.4 Å². The number of hydrogen-bond donors (Lipinski definition) is 3. The summed E-state index contributed by atoms with van der Waals surface area (Å²) in [5.41, 5.74) is 0. The van der Waals surface area contributed by atoms with Crippen LogP contribution in [-0.4, -0.2) is 42.7 Å². The minimum atomic E-state index is -0.891. The summed E-state index contributed by atoms with van der Waals surface area (Å²) in [6, 6.07) is 8.73. The minimum Gasteiger partial charge on any atom is -0.492 e. The van der Waals surface area contributed by atoms with Gasteiger partial charge in [-0.05, 0) is 30.9 Å². The number of ether oxygens (including phenoxy) is 1. The first-order valence-corrected chi connectivity index (χ1v) is 7.07. The molecule has 1 amide bonds. The predicted octanol–water partition coefficient (Wildman–Crippen LogP) is 0.634. The van der Waals surface area contributed by atoms with Crippen LogP contribution < -0.4 is 15.4 Å². The van der Waals surface area contributed by atoms with E-state index in [4.69, 9.17) is 9.84 Å². The lowest BCUT2D eigenvalue weighted by atomic mass is 10.2. The fraction of sp³-hybridized carbons (Fsp3) is 0.467. The first-order chi connectivity index (χ1) is 10.2. The molecule has 1 aromatic carbocycles. The topological polar surface area (TPSA) is 87.7 Å². The maximum Gasteiger partial charge on any atom is 0.320 e. The van der Waals surface area contributed by atoms with Crippen LogP contribution >= 0.6 is 0 Å². The van der Waals surface area contributed by atoms with Gasteiger partial charge in [-0.3, -0.25) is 14.9 Å². The van der Waals surface area contributed by atoms with E-state index in [2.05, 4.69) is 10.6 Å². The highest BCUT2D eigenvalue weighted by atomic mass is 16.5. The standard InChI is InChI=1S/C15H20N2O4/c18-13(10-17-14(15(19)20)11-6-7-11)16-8-9-21-12-4-2-1-3-5-12/h1-5,11,14,17H,6-10H2,(H,16,18)(H,19,20). The molecule has 1 atom stereocenters. The molecule has 3 N–H and O–H groups in total. The van der Waals surface area contributed by atoms with E-state index >= 15 is 0 Å². The van der Waals surface area contributed by atoms with Crippen molar-refractivity contribution in [2.24, 2.45) is 5.92 Å². The van der Waals surface area contributed by atoms with E-state index in [1.165, 1.54) is 0 Å². The van der Waals surface area contributed by atoms with Crippen LogP contribution in [0.1, 0.15) is 12.8 Å². The molecule has 114 valence electrons. The van der Waals surface area contributed by atoms with Crippen LogP contribution in [0.25, 0.3) is 0 Å². The number of nitrogens with one attached hydrogen (secondary N) is 2. The van der Waals surface area contributed by atoms with Crippen LogP contribution in [0.4, 0.5) is 0 Å². The molecule has 1 fully saturated rings. The number of carboxylic acids is 1. The molecule has 6 nitrogen and oxygen atoms in total. The number of rotatable bonds is 9. The third kappa shape index (κ3) is 5.43. The zero-order chi connectivity index (χ0) is 15.1. The lowest BCUT2D eigenvalue weighted by molar-refractivity contribution is -0.140. The van der Waals surface area contributed by atoms with Crippen LogP contribution in [0.2, 0.25) is 0 Å². The maximum atomic E-state index is 11.6. The van der Waals surface area contributed by atoms with E-state index < -0.39 is 12.0 Å². The third-order valence-corrected chi connectivity index (χ3v) is 3.28. The molecule has 0 aliphatic heterocycles. The van der Waals surface area contributed by atoms with Crippen LogP contribution in [0.15, 0.2) is 30.3 Å². The monoisotopic (exact) mass is 292 g/mol. The highest BCUT2D eigenvalue weighted by molar-refractivity contribution is 5.80. The summed E-state index contributed by atoms with van der Waals surface area (Å²) >= 11 is 0. The molecule has 0 spiro atoms. The number of carboxylic acid groups (broad SMARTS) is 1. The van der Waals surface area contributed by atoms with Gasteiger partial charge in [0.1, 0.15) is 18.4 Å². The first kappa shape index (κ1) is 15.3. The molecule has 0 radical (unpaired) electrons. The smallest absolute Gasteiger partial charge is 0.320 e. The van der Waals surface area contributed by atoms with E-state index in [1.807, 2.05) is 30.3 Å². The molecule has 0 bridgehead atoms. The van der Waals surface area contributed by atoms with Crippen LogP contribution in [0.5, 0.6) is 5.75 Å². The Labute approximate surface area is 123 Å². The van der Waals surface area contributed by atoms with Gasteiger partial charge in [0.25, 0.3) is 0 Å². The van der Waals surface area contributed by atoms with Crippen molar-refractivity contribution < 1.29 is 19.4 Å². The van der Waals surface area contributed by atoms with Crippen molar-refractivity contribution in [3.05, 3.63) is 30.3 Å². The highest BCUT2D eigenvalue weighted by Crippen LogP contribution is 2.32. The number of carbonyl (C=O) groups is 2. The second-order valence-corrected chi connectivity index (χ2v) is 5.05. The van der Waals surface area contributed by atoms with Gasteiger partial charge in [0.15, 0.2) is 0 Å². The van der Waals surface area contributed by atoms with E-state index in [0.29, 0.717) is 13.2 Å². The van der Waals surface area contributed by atoms with Gasteiger partial charge in [-0.1, -0.05) is 18.2 Å². The van der Waals surface area contributed by atoms with Crippen molar-refractivity contribution in [3.63, 3.8) is 0 Å².